The van der Waals surface area contributed by atoms with E-state index >= 15 is 0 Å². The average molecular weight is 268 g/mol. The van der Waals surface area contributed by atoms with Gasteiger partial charge in [-0.3, -0.25) is 0 Å². The predicted octanol–water partition coefficient (Wildman–Crippen LogP) is 5.62. The first-order chi connectivity index (χ1) is 9.78. The fraction of sp³-hybridized carbons (Fsp3) is 0.474. The topological polar surface area (TPSA) is 20.2 Å². The van der Waals surface area contributed by atoms with E-state index < -0.39 is 0 Å². The highest BCUT2D eigenvalue weighted by Gasteiger charge is 2.21. The Morgan fingerprint density at radius 3 is 2.60 bits per heavy atom. The second kappa shape index (κ2) is 5.87. The maximum atomic E-state index is 9.87. The van der Waals surface area contributed by atoms with Crippen LogP contribution in [0.5, 0.6) is 5.75 Å². The van der Waals surface area contributed by atoms with Gasteiger partial charge in [0.1, 0.15) is 5.75 Å². The summed E-state index contributed by atoms with van der Waals surface area (Å²) in [4.78, 5) is 0. The second-order valence-corrected chi connectivity index (χ2v) is 6.26. The molecular weight excluding hydrogens is 244 g/mol. The lowest BCUT2D eigenvalue weighted by Gasteiger charge is -2.28. The van der Waals surface area contributed by atoms with E-state index in [0.717, 1.165) is 22.6 Å². The van der Waals surface area contributed by atoms with Crippen LogP contribution in [0.2, 0.25) is 0 Å². The summed E-state index contributed by atoms with van der Waals surface area (Å²) < 4.78 is 0. The van der Waals surface area contributed by atoms with Crippen LogP contribution in [0.4, 0.5) is 0 Å². The van der Waals surface area contributed by atoms with Crippen molar-refractivity contribution in [2.45, 2.75) is 51.4 Å². The summed E-state index contributed by atoms with van der Waals surface area (Å²) in [5.41, 5.74) is 1.46. The Bertz CT molecular complexity index is 579. The molecule has 1 saturated carbocycles. The van der Waals surface area contributed by atoms with Crippen molar-refractivity contribution in [3.63, 3.8) is 0 Å². The summed E-state index contributed by atoms with van der Waals surface area (Å²) in [5.74, 6) is 2.07. The van der Waals surface area contributed by atoms with Crippen LogP contribution in [-0.2, 0) is 0 Å². The summed E-state index contributed by atoms with van der Waals surface area (Å²) in [6, 6.07) is 12.4. The standard InChI is InChI=1S/C19H24O/c1-2-4-14-7-9-15(10-8-14)16-11-12-18-17(13-16)5-3-6-19(18)20/h3,5-6,11-15,20H,2,4,7-10H2,1H3. The summed E-state index contributed by atoms with van der Waals surface area (Å²) in [6.07, 6.45) is 8.15. The third-order valence-corrected chi connectivity index (χ3v) is 4.90. The van der Waals surface area contributed by atoms with Crippen molar-refractivity contribution in [3.8, 4) is 5.75 Å². The largest absolute Gasteiger partial charge is 0.507 e. The quantitative estimate of drug-likeness (QED) is 0.766. The molecule has 0 bridgehead atoms. The Kier molecular flexibility index (Phi) is 3.95. The van der Waals surface area contributed by atoms with Gasteiger partial charge < -0.3 is 5.11 Å². The monoisotopic (exact) mass is 268 g/mol. The molecule has 1 heteroatoms. The van der Waals surface area contributed by atoms with Gasteiger partial charge in [0.15, 0.2) is 0 Å². The van der Waals surface area contributed by atoms with Crippen LogP contribution in [0.15, 0.2) is 36.4 Å². The van der Waals surface area contributed by atoms with Crippen LogP contribution in [0.1, 0.15) is 56.9 Å². The molecule has 1 aliphatic rings. The van der Waals surface area contributed by atoms with Crippen molar-refractivity contribution in [2.24, 2.45) is 5.92 Å². The summed E-state index contributed by atoms with van der Waals surface area (Å²) in [7, 11) is 0. The van der Waals surface area contributed by atoms with Crippen molar-refractivity contribution in [3.05, 3.63) is 42.0 Å². The summed E-state index contributed by atoms with van der Waals surface area (Å²) in [6.45, 7) is 2.29. The van der Waals surface area contributed by atoms with Crippen molar-refractivity contribution in [2.75, 3.05) is 0 Å². The maximum Gasteiger partial charge on any atom is 0.123 e. The molecular formula is C19H24O. The molecule has 0 heterocycles. The minimum atomic E-state index is 0.390. The number of benzene rings is 2. The van der Waals surface area contributed by atoms with Gasteiger partial charge in [-0.15, -0.1) is 0 Å². The molecule has 0 saturated heterocycles. The fourth-order valence-electron chi connectivity index (χ4n) is 3.73. The van der Waals surface area contributed by atoms with E-state index in [1.807, 2.05) is 6.07 Å². The molecule has 0 aromatic heterocycles. The minimum Gasteiger partial charge on any atom is -0.507 e. The van der Waals surface area contributed by atoms with E-state index in [2.05, 4.69) is 31.2 Å². The second-order valence-electron chi connectivity index (χ2n) is 6.26. The maximum absolute atomic E-state index is 9.87. The van der Waals surface area contributed by atoms with Gasteiger partial charge in [0.2, 0.25) is 0 Å². The molecule has 0 aliphatic heterocycles. The van der Waals surface area contributed by atoms with Gasteiger partial charge in [0.25, 0.3) is 0 Å². The Balaban J connectivity index is 1.78. The smallest absolute Gasteiger partial charge is 0.123 e. The fourth-order valence-corrected chi connectivity index (χ4v) is 3.73. The zero-order valence-corrected chi connectivity index (χ0v) is 12.3. The highest BCUT2D eigenvalue weighted by atomic mass is 16.3. The molecule has 1 aliphatic carbocycles. The van der Waals surface area contributed by atoms with Crippen LogP contribution in [0.3, 0.4) is 0 Å². The first kappa shape index (κ1) is 13.5. The number of hydrogen-bond acceptors (Lipinski definition) is 1. The van der Waals surface area contributed by atoms with Crippen molar-refractivity contribution < 1.29 is 5.11 Å². The molecule has 1 nitrogen and oxygen atoms in total. The van der Waals surface area contributed by atoms with E-state index in [0.29, 0.717) is 5.75 Å². The lowest BCUT2D eigenvalue weighted by molar-refractivity contribution is 0.308. The Morgan fingerprint density at radius 2 is 1.85 bits per heavy atom. The van der Waals surface area contributed by atoms with Crippen LogP contribution < -0.4 is 0 Å². The third-order valence-electron chi connectivity index (χ3n) is 4.90. The number of hydrogen-bond donors (Lipinski definition) is 1. The minimum absolute atomic E-state index is 0.390. The Labute approximate surface area is 121 Å². The molecule has 2 aromatic carbocycles. The van der Waals surface area contributed by atoms with Gasteiger partial charge in [0.05, 0.1) is 0 Å². The predicted molar refractivity (Wildman–Crippen MR) is 85.2 cm³/mol. The molecule has 0 radical (unpaired) electrons. The molecule has 1 N–H and O–H groups in total. The number of rotatable bonds is 3. The molecule has 1 fully saturated rings. The highest BCUT2D eigenvalue weighted by molar-refractivity contribution is 5.88. The Morgan fingerprint density at radius 1 is 1.05 bits per heavy atom. The molecule has 0 atom stereocenters. The van der Waals surface area contributed by atoms with Gasteiger partial charge in [-0.2, -0.15) is 0 Å². The lowest BCUT2D eigenvalue weighted by Crippen LogP contribution is -2.13. The van der Waals surface area contributed by atoms with E-state index in [1.165, 1.54) is 44.1 Å². The first-order valence-corrected chi connectivity index (χ1v) is 7.99. The SMILES string of the molecule is CCCC1CCC(c2ccc3c(O)cccc3c2)CC1. The van der Waals surface area contributed by atoms with E-state index in [9.17, 15) is 5.11 Å². The van der Waals surface area contributed by atoms with Crippen LogP contribution in [-0.4, -0.2) is 5.11 Å². The number of phenols is 1. The zero-order chi connectivity index (χ0) is 13.9. The first-order valence-electron chi connectivity index (χ1n) is 7.99. The molecule has 3 rings (SSSR count). The summed E-state index contributed by atoms with van der Waals surface area (Å²) in [5, 5.41) is 12.0. The van der Waals surface area contributed by atoms with Crippen molar-refractivity contribution in [1.29, 1.82) is 0 Å². The zero-order valence-electron chi connectivity index (χ0n) is 12.3. The van der Waals surface area contributed by atoms with Crippen molar-refractivity contribution >= 4 is 10.8 Å². The molecule has 106 valence electrons. The van der Waals surface area contributed by atoms with Gasteiger partial charge >= 0.3 is 0 Å². The number of fused-ring (bicyclic) bond motifs is 1. The normalized spacial score (nSPS) is 23.1. The third kappa shape index (κ3) is 2.67. The Hall–Kier alpha value is -1.50. The molecule has 0 unspecified atom stereocenters. The van der Waals surface area contributed by atoms with Crippen LogP contribution in [0.25, 0.3) is 10.8 Å². The van der Waals surface area contributed by atoms with Gasteiger partial charge in [0, 0.05) is 5.39 Å². The number of phenolic OH excluding ortho intramolecular Hbond substituents is 1. The van der Waals surface area contributed by atoms with E-state index in [-0.39, 0.29) is 0 Å². The van der Waals surface area contributed by atoms with Gasteiger partial charge in [-0.1, -0.05) is 50.1 Å². The highest BCUT2D eigenvalue weighted by Crippen LogP contribution is 2.38. The van der Waals surface area contributed by atoms with Crippen molar-refractivity contribution in [1.82, 2.24) is 0 Å². The van der Waals surface area contributed by atoms with Crippen LogP contribution in [0, 0.1) is 5.92 Å². The summed E-state index contributed by atoms with van der Waals surface area (Å²) >= 11 is 0. The molecule has 2 aromatic rings. The van der Waals surface area contributed by atoms with Gasteiger partial charge in [-0.05, 0) is 54.5 Å². The van der Waals surface area contributed by atoms with Crippen LogP contribution >= 0.6 is 0 Å². The lowest BCUT2D eigenvalue weighted by atomic mass is 9.77. The number of aromatic hydroxyl groups is 1. The molecule has 0 spiro atoms. The molecule has 0 amide bonds. The average Bonchev–Trinajstić information content (AvgIpc) is 2.48. The van der Waals surface area contributed by atoms with E-state index in [1.54, 1.807) is 6.07 Å². The van der Waals surface area contributed by atoms with E-state index in [4.69, 9.17) is 0 Å². The van der Waals surface area contributed by atoms with Gasteiger partial charge in [-0.25, -0.2) is 0 Å². The molecule has 20 heavy (non-hydrogen) atoms.